The third-order valence-electron chi connectivity index (χ3n) is 3.78. The number of para-hydroxylation sites is 1. The minimum absolute atomic E-state index is 0.872. The van der Waals surface area contributed by atoms with Crippen molar-refractivity contribution in [1.82, 2.24) is 0 Å². The van der Waals surface area contributed by atoms with Crippen LogP contribution in [-0.2, 0) is 6.42 Å². The van der Waals surface area contributed by atoms with Gasteiger partial charge >= 0.3 is 0 Å². The van der Waals surface area contributed by atoms with Crippen LogP contribution in [0.25, 0.3) is 0 Å². The van der Waals surface area contributed by atoms with Crippen LogP contribution in [0.1, 0.15) is 77.2 Å². The van der Waals surface area contributed by atoms with Crippen molar-refractivity contribution in [3.05, 3.63) is 29.8 Å². The van der Waals surface area contributed by atoms with Crippen molar-refractivity contribution in [3.8, 4) is 5.75 Å². The van der Waals surface area contributed by atoms with Gasteiger partial charge in [0.25, 0.3) is 0 Å². The van der Waals surface area contributed by atoms with Crippen molar-refractivity contribution in [2.45, 2.75) is 78.1 Å². The number of benzene rings is 1. The number of rotatable bonds is 12. The summed E-state index contributed by atoms with van der Waals surface area (Å²) in [6.45, 7) is 5.38. The topological polar surface area (TPSA) is 9.23 Å². The summed E-state index contributed by atoms with van der Waals surface area (Å²) in [7, 11) is 0. The minimum atomic E-state index is 0.872. The average Bonchev–Trinajstić information content (AvgIpc) is 2.49. The first-order chi connectivity index (χ1) is 9.88. The molecule has 1 nitrogen and oxygen atoms in total. The molecule has 0 bridgehead atoms. The first-order valence-corrected chi connectivity index (χ1v) is 8.59. The highest BCUT2D eigenvalue weighted by atomic mass is 16.5. The van der Waals surface area contributed by atoms with Gasteiger partial charge in [0.15, 0.2) is 0 Å². The number of hydrogen-bond donors (Lipinski definition) is 0. The summed E-state index contributed by atoms with van der Waals surface area (Å²) >= 11 is 0. The van der Waals surface area contributed by atoms with Gasteiger partial charge in [-0.25, -0.2) is 0 Å². The molecule has 0 radical (unpaired) electrons. The van der Waals surface area contributed by atoms with Crippen LogP contribution in [0.2, 0.25) is 0 Å². The summed E-state index contributed by atoms with van der Waals surface area (Å²) in [4.78, 5) is 0. The van der Waals surface area contributed by atoms with E-state index in [4.69, 9.17) is 4.74 Å². The standard InChI is InChI=1S/C19H32O/c1-3-5-7-8-9-10-13-17-20-19-16-12-11-15-18(19)14-6-4-2/h11-12,15-16H,3-10,13-14,17H2,1-2H3. The number of hydrogen-bond acceptors (Lipinski definition) is 1. The third-order valence-corrected chi connectivity index (χ3v) is 3.78. The van der Waals surface area contributed by atoms with E-state index in [9.17, 15) is 0 Å². The molecule has 0 aliphatic rings. The molecule has 0 aliphatic carbocycles. The highest BCUT2D eigenvalue weighted by Crippen LogP contribution is 2.20. The van der Waals surface area contributed by atoms with E-state index in [-0.39, 0.29) is 0 Å². The average molecular weight is 276 g/mol. The highest BCUT2D eigenvalue weighted by Gasteiger charge is 2.02. The lowest BCUT2D eigenvalue weighted by Crippen LogP contribution is -2.00. The highest BCUT2D eigenvalue weighted by molar-refractivity contribution is 5.33. The molecular formula is C19H32O. The lowest BCUT2D eigenvalue weighted by atomic mass is 10.1. The van der Waals surface area contributed by atoms with Crippen LogP contribution >= 0.6 is 0 Å². The van der Waals surface area contributed by atoms with E-state index >= 15 is 0 Å². The van der Waals surface area contributed by atoms with Crippen LogP contribution < -0.4 is 4.74 Å². The molecule has 114 valence electrons. The van der Waals surface area contributed by atoms with Gasteiger partial charge in [0.1, 0.15) is 5.75 Å². The Morgan fingerprint density at radius 2 is 1.40 bits per heavy atom. The maximum Gasteiger partial charge on any atom is 0.122 e. The summed E-state index contributed by atoms with van der Waals surface area (Å²) < 4.78 is 5.96. The van der Waals surface area contributed by atoms with Crippen molar-refractivity contribution in [1.29, 1.82) is 0 Å². The van der Waals surface area contributed by atoms with E-state index in [1.807, 2.05) is 0 Å². The van der Waals surface area contributed by atoms with Crippen LogP contribution in [0.5, 0.6) is 5.75 Å². The van der Waals surface area contributed by atoms with Crippen molar-refractivity contribution >= 4 is 0 Å². The SMILES string of the molecule is CCCCCCCCCOc1ccccc1CCCC. The van der Waals surface area contributed by atoms with Crippen molar-refractivity contribution in [2.24, 2.45) is 0 Å². The third kappa shape index (κ3) is 7.57. The summed E-state index contributed by atoms with van der Waals surface area (Å²) in [5.74, 6) is 1.10. The smallest absolute Gasteiger partial charge is 0.122 e. The predicted octanol–water partition coefficient (Wildman–Crippen LogP) is 6.16. The fourth-order valence-corrected chi connectivity index (χ4v) is 2.46. The molecule has 0 N–H and O–H groups in total. The maximum atomic E-state index is 5.96. The summed E-state index contributed by atoms with van der Waals surface area (Å²) in [6.07, 6.45) is 13.0. The second-order valence-corrected chi connectivity index (χ2v) is 5.68. The quantitative estimate of drug-likeness (QED) is 0.415. The Morgan fingerprint density at radius 3 is 2.15 bits per heavy atom. The predicted molar refractivity (Wildman–Crippen MR) is 88.5 cm³/mol. The summed E-state index contributed by atoms with van der Waals surface area (Å²) in [5.41, 5.74) is 1.37. The lowest BCUT2D eigenvalue weighted by molar-refractivity contribution is 0.301. The van der Waals surface area contributed by atoms with E-state index in [1.165, 1.54) is 63.4 Å². The van der Waals surface area contributed by atoms with Crippen LogP contribution in [0.15, 0.2) is 24.3 Å². The Balaban J connectivity index is 2.15. The fourth-order valence-electron chi connectivity index (χ4n) is 2.46. The molecule has 0 atom stereocenters. The molecule has 1 heteroatoms. The molecule has 0 unspecified atom stereocenters. The first kappa shape index (κ1) is 17.1. The van der Waals surface area contributed by atoms with Gasteiger partial charge in [-0.1, -0.05) is 77.0 Å². The van der Waals surface area contributed by atoms with E-state index < -0.39 is 0 Å². The molecule has 0 fully saturated rings. The first-order valence-electron chi connectivity index (χ1n) is 8.59. The van der Waals surface area contributed by atoms with Gasteiger partial charge < -0.3 is 4.74 Å². The zero-order valence-corrected chi connectivity index (χ0v) is 13.5. The second kappa shape index (κ2) is 11.8. The Kier molecular flexibility index (Phi) is 10.1. The summed E-state index contributed by atoms with van der Waals surface area (Å²) in [5, 5.41) is 0. The Bertz CT molecular complexity index is 332. The second-order valence-electron chi connectivity index (χ2n) is 5.68. The van der Waals surface area contributed by atoms with E-state index in [1.54, 1.807) is 0 Å². The molecule has 0 heterocycles. The molecular weight excluding hydrogens is 244 g/mol. The van der Waals surface area contributed by atoms with Gasteiger partial charge in [-0.3, -0.25) is 0 Å². The number of ether oxygens (including phenoxy) is 1. The van der Waals surface area contributed by atoms with Crippen molar-refractivity contribution in [2.75, 3.05) is 6.61 Å². The Labute approximate surface area is 125 Å². The molecule has 0 aromatic heterocycles. The zero-order chi connectivity index (χ0) is 14.5. The van der Waals surface area contributed by atoms with Gasteiger partial charge in [-0.05, 0) is 30.9 Å². The molecule has 1 aromatic carbocycles. The van der Waals surface area contributed by atoms with Gasteiger partial charge in [0.05, 0.1) is 6.61 Å². The van der Waals surface area contributed by atoms with E-state index in [2.05, 4.69) is 38.1 Å². The molecule has 0 saturated carbocycles. The van der Waals surface area contributed by atoms with Crippen LogP contribution in [0.4, 0.5) is 0 Å². The van der Waals surface area contributed by atoms with Crippen LogP contribution in [0.3, 0.4) is 0 Å². The van der Waals surface area contributed by atoms with Crippen molar-refractivity contribution < 1.29 is 4.74 Å². The molecule has 0 aliphatic heterocycles. The van der Waals surface area contributed by atoms with Crippen molar-refractivity contribution in [3.63, 3.8) is 0 Å². The van der Waals surface area contributed by atoms with E-state index in [0.29, 0.717) is 0 Å². The molecule has 0 amide bonds. The molecule has 0 saturated heterocycles. The normalized spacial score (nSPS) is 10.7. The molecule has 20 heavy (non-hydrogen) atoms. The van der Waals surface area contributed by atoms with Gasteiger partial charge in [-0.15, -0.1) is 0 Å². The largest absolute Gasteiger partial charge is 0.493 e. The minimum Gasteiger partial charge on any atom is -0.493 e. The zero-order valence-electron chi connectivity index (χ0n) is 13.5. The fraction of sp³-hybridized carbons (Fsp3) is 0.684. The summed E-state index contributed by atoms with van der Waals surface area (Å²) in [6, 6.07) is 8.52. The Morgan fingerprint density at radius 1 is 0.750 bits per heavy atom. The van der Waals surface area contributed by atoms with Gasteiger partial charge in [0, 0.05) is 0 Å². The monoisotopic (exact) mass is 276 g/mol. The van der Waals surface area contributed by atoms with Crippen LogP contribution in [-0.4, -0.2) is 6.61 Å². The Hall–Kier alpha value is -0.980. The number of unbranched alkanes of at least 4 members (excludes halogenated alkanes) is 7. The molecule has 1 rings (SSSR count). The maximum absolute atomic E-state index is 5.96. The molecule has 1 aromatic rings. The number of aryl methyl sites for hydroxylation is 1. The van der Waals surface area contributed by atoms with Crippen LogP contribution in [0, 0.1) is 0 Å². The van der Waals surface area contributed by atoms with Gasteiger partial charge in [-0.2, -0.15) is 0 Å². The van der Waals surface area contributed by atoms with E-state index in [0.717, 1.165) is 18.8 Å². The van der Waals surface area contributed by atoms with Gasteiger partial charge in [0.2, 0.25) is 0 Å². The lowest BCUT2D eigenvalue weighted by Gasteiger charge is -2.11. The molecule has 0 spiro atoms.